The Morgan fingerprint density at radius 3 is 2.26 bits per heavy atom. The highest BCUT2D eigenvalue weighted by Crippen LogP contribution is 2.29. The lowest BCUT2D eigenvalue weighted by atomic mass is 10.2. The maximum absolute atomic E-state index is 13.4. The Hall–Kier alpha value is -3.58. The molecule has 7 heteroatoms. The molecular formula is C24H21NO5S. The Kier molecular flexibility index (Phi) is 5.77. The number of hydrogen-bond acceptors (Lipinski definition) is 5. The van der Waals surface area contributed by atoms with Gasteiger partial charge in [-0.25, -0.2) is 17.2 Å². The van der Waals surface area contributed by atoms with E-state index in [1.807, 2.05) is 30.3 Å². The average Bonchev–Trinajstić information content (AvgIpc) is 3.19. The predicted molar refractivity (Wildman–Crippen MR) is 118 cm³/mol. The van der Waals surface area contributed by atoms with E-state index >= 15 is 0 Å². The molecule has 4 aromatic rings. The zero-order chi connectivity index (χ0) is 21.8. The van der Waals surface area contributed by atoms with E-state index in [1.165, 1.54) is 18.2 Å². The summed E-state index contributed by atoms with van der Waals surface area (Å²) in [5.74, 6) is -0.133. The van der Waals surface area contributed by atoms with Gasteiger partial charge in [0.1, 0.15) is 18.1 Å². The first-order valence-electron chi connectivity index (χ1n) is 9.80. The lowest BCUT2D eigenvalue weighted by molar-refractivity contribution is 0.0518. The normalized spacial score (nSPS) is 11.4. The monoisotopic (exact) mass is 435 g/mol. The largest absolute Gasteiger partial charge is 0.489 e. The molecule has 0 atom stereocenters. The van der Waals surface area contributed by atoms with Crippen molar-refractivity contribution in [2.24, 2.45) is 0 Å². The van der Waals surface area contributed by atoms with E-state index < -0.39 is 16.0 Å². The zero-order valence-corrected chi connectivity index (χ0v) is 17.7. The Bertz CT molecular complexity index is 1310. The fourth-order valence-electron chi connectivity index (χ4n) is 3.30. The summed E-state index contributed by atoms with van der Waals surface area (Å²) in [6.07, 6.45) is 0. The molecule has 0 radical (unpaired) electrons. The van der Waals surface area contributed by atoms with Crippen molar-refractivity contribution in [3.05, 3.63) is 96.2 Å². The SMILES string of the molecule is CCOC(=O)c1cc2cc(OCc3ccccc3)ccc2n1S(=O)(=O)c1ccccc1. The molecule has 6 nitrogen and oxygen atoms in total. The number of esters is 1. The van der Waals surface area contributed by atoms with E-state index in [4.69, 9.17) is 9.47 Å². The quantitative estimate of drug-likeness (QED) is 0.396. The van der Waals surface area contributed by atoms with Gasteiger partial charge in [-0.05, 0) is 48.9 Å². The van der Waals surface area contributed by atoms with Gasteiger partial charge in [-0.3, -0.25) is 0 Å². The second-order valence-corrected chi connectivity index (χ2v) is 8.61. The smallest absolute Gasteiger partial charge is 0.356 e. The molecule has 1 heterocycles. The summed E-state index contributed by atoms with van der Waals surface area (Å²) in [4.78, 5) is 12.7. The van der Waals surface area contributed by atoms with Crippen LogP contribution >= 0.6 is 0 Å². The van der Waals surface area contributed by atoms with Gasteiger partial charge in [0.05, 0.1) is 17.0 Å². The van der Waals surface area contributed by atoms with Gasteiger partial charge >= 0.3 is 5.97 Å². The number of carbonyl (C=O) groups excluding carboxylic acids is 1. The fourth-order valence-corrected chi connectivity index (χ4v) is 4.83. The molecule has 0 N–H and O–H groups in total. The molecule has 0 bridgehead atoms. The fraction of sp³-hybridized carbons (Fsp3) is 0.125. The number of nitrogens with zero attached hydrogens (tertiary/aromatic N) is 1. The van der Waals surface area contributed by atoms with Crippen LogP contribution in [0.15, 0.2) is 89.8 Å². The summed E-state index contributed by atoms with van der Waals surface area (Å²) in [5, 5.41) is 0.563. The number of ether oxygens (including phenoxy) is 2. The topological polar surface area (TPSA) is 74.6 Å². The number of rotatable bonds is 7. The van der Waals surface area contributed by atoms with E-state index in [9.17, 15) is 13.2 Å². The predicted octanol–water partition coefficient (Wildman–Crippen LogP) is 4.63. The molecule has 0 saturated heterocycles. The minimum atomic E-state index is -4.01. The Labute approximate surface area is 180 Å². The number of benzene rings is 3. The maximum Gasteiger partial charge on any atom is 0.356 e. The van der Waals surface area contributed by atoms with E-state index in [2.05, 4.69) is 0 Å². The van der Waals surface area contributed by atoms with Crippen LogP contribution in [0.5, 0.6) is 5.75 Å². The van der Waals surface area contributed by atoms with Gasteiger partial charge < -0.3 is 9.47 Å². The first kappa shape index (κ1) is 20.7. The minimum Gasteiger partial charge on any atom is -0.489 e. The van der Waals surface area contributed by atoms with Crippen molar-refractivity contribution in [1.29, 1.82) is 0 Å². The van der Waals surface area contributed by atoms with Crippen LogP contribution in [0, 0.1) is 0 Å². The molecule has 0 aliphatic rings. The van der Waals surface area contributed by atoms with E-state index in [-0.39, 0.29) is 17.2 Å². The highest BCUT2D eigenvalue weighted by molar-refractivity contribution is 7.90. The molecule has 0 saturated carbocycles. The molecule has 0 unspecified atom stereocenters. The molecule has 4 rings (SSSR count). The summed E-state index contributed by atoms with van der Waals surface area (Å²) < 4.78 is 38.7. The van der Waals surface area contributed by atoms with Gasteiger partial charge in [0, 0.05) is 5.39 Å². The van der Waals surface area contributed by atoms with Crippen molar-refractivity contribution >= 4 is 26.9 Å². The molecule has 1 aromatic heterocycles. The Morgan fingerprint density at radius 2 is 1.58 bits per heavy atom. The lowest BCUT2D eigenvalue weighted by Crippen LogP contribution is -2.19. The van der Waals surface area contributed by atoms with Crippen molar-refractivity contribution in [1.82, 2.24) is 3.97 Å². The molecule has 0 aliphatic carbocycles. The summed E-state index contributed by atoms with van der Waals surface area (Å²) >= 11 is 0. The lowest BCUT2D eigenvalue weighted by Gasteiger charge is -2.12. The van der Waals surface area contributed by atoms with Crippen LogP contribution < -0.4 is 4.74 Å². The number of fused-ring (bicyclic) bond motifs is 1. The van der Waals surface area contributed by atoms with Gasteiger partial charge in [0.15, 0.2) is 0 Å². The first-order chi connectivity index (χ1) is 15.0. The molecule has 0 amide bonds. The van der Waals surface area contributed by atoms with Crippen molar-refractivity contribution < 1.29 is 22.7 Å². The number of hydrogen-bond donors (Lipinski definition) is 0. The van der Waals surface area contributed by atoms with Crippen LogP contribution in [0.1, 0.15) is 23.0 Å². The molecule has 0 fully saturated rings. The first-order valence-corrected chi connectivity index (χ1v) is 11.2. The van der Waals surface area contributed by atoms with Crippen LogP contribution in [0.3, 0.4) is 0 Å². The van der Waals surface area contributed by atoms with Gasteiger partial charge in [-0.15, -0.1) is 0 Å². The minimum absolute atomic E-state index is 0.0547. The Morgan fingerprint density at radius 1 is 0.903 bits per heavy atom. The van der Waals surface area contributed by atoms with Crippen LogP contribution in [0.2, 0.25) is 0 Å². The molecule has 0 spiro atoms. The molecule has 158 valence electrons. The van der Waals surface area contributed by atoms with Gasteiger partial charge in [0.25, 0.3) is 10.0 Å². The summed E-state index contributed by atoms with van der Waals surface area (Å²) in [7, 11) is -4.01. The summed E-state index contributed by atoms with van der Waals surface area (Å²) in [6.45, 7) is 2.18. The Balaban J connectivity index is 1.78. The van der Waals surface area contributed by atoms with E-state index in [0.29, 0.717) is 23.3 Å². The number of carbonyl (C=O) groups is 1. The zero-order valence-electron chi connectivity index (χ0n) is 16.9. The third-order valence-corrected chi connectivity index (χ3v) is 6.49. The van der Waals surface area contributed by atoms with E-state index in [1.54, 1.807) is 43.3 Å². The standard InChI is InChI=1S/C24H21NO5S/c1-2-29-24(26)23-16-19-15-20(30-17-18-9-5-3-6-10-18)13-14-22(19)25(23)31(27,28)21-11-7-4-8-12-21/h3-16H,2,17H2,1H3. The van der Waals surface area contributed by atoms with E-state index in [0.717, 1.165) is 9.54 Å². The van der Waals surface area contributed by atoms with Gasteiger partial charge in [-0.2, -0.15) is 0 Å². The van der Waals surface area contributed by atoms with Gasteiger partial charge in [-0.1, -0.05) is 48.5 Å². The molecular weight excluding hydrogens is 414 g/mol. The summed E-state index contributed by atoms with van der Waals surface area (Å²) in [6, 6.07) is 24.3. The number of aromatic nitrogens is 1. The third kappa shape index (κ3) is 4.18. The van der Waals surface area contributed by atoms with Crippen molar-refractivity contribution in [3.63, 3.8) is 0 Å². The van der Waals surface area contributed by atoms with Crippen molar-refractivity contribution in [2.75, 3.05) is 6.61 Å². The second-order valence-electron chi connectivity index (χ2n) is 6.83. The maximum atomic E-state index is 13.4. The third-order valence-electron chi connectivity index (χ3n) is 4.74. The molecule has 31 heavy (non-hydrogen) atoms. The molecule has 3 aromatic carbocycles. The van der Waals surface area contributed by atoms with Crippen LogP contribution in [-0.2, 0) is 21.4 Å². The van der Waals surface area contributed by atoms with Crippen LogP contribution in [0.4, 0.5) is 0 Å². The highest BCUT2D eigenvalue weighted by atomic mass is 32.2. The van der Waals surface area contributed by atoms with Gasteiger partial charge in [0.2, 0.25) is 0 Å². The van der Waals surface area contributed by atoms with Crippen molar-refractivity contribution in [3.8, 4) is 5.75 Å². The second kappa shape index (κ2) is 8.65. The average molecular weight is 436 g/mol. The van der Waals surface area contributed by atoms with Crippen molar-refractivity contribution in [2.45, 2.75) is 18.4 Å². The summed E-state index contributed by atoms with van der Waals surface area (Å²) in [5.41, 5.74) is 1.33. The highest BCUT2D eigenvalue weighted by Gasteiger charge is 2.27. The van der Waals surface area contributed by atoms with Crippen LogP contribution in [0.25, 0.3) is 10.9 Å². The molecule has 0 aliphatic heterocycles. The van der Waals surface area contributed by atoms with Crippen LogP contribution in [-0.4, -0.2) is 25.0 Å².